The van der Waals surface area contributed by atoms with Gasteiger partial charge in [-0.25, -0.2) is 9.78 Å². The maximum absolute atomic E-state index is 13.9. The van der Waals surface area contributed by atoms with E-state index in [1.54, 1.807) is 4.90 Å². The number of amides is 2. The molecule has 3 aromatic heterocycles. The standard InChI is InChI=1S/C23H22ClF3N4O4/c1-22(2)12-29(5-3-16(22)30-6-8-35-21(30)33)20(32)17-18(24)31-10-14(13-4-7-34-11-13)9-15(19(31)28-17)23(25,26)27/h4,7,9-11,16H,3,5-6,8,12H2,1-2H3. The second-order valence-electron chi connectivity index (χ2n) is 9.42. The predicted octanol–water partition coefficient (Wildman–Crippen LogP) is 4.96. The Balaban J connectivity index is 1.50. The van der Waals surface area contributed by atoms with Crippen LogP contribution in [0, 0.1) is 5.41 Å². The van der Waals surface area contributed by atoms with Gasteiger partial charge < -0.3 is 19.0 Å². The van der Waals surface area contributed by atoms with Crippen molar-refractivity contribution in [1.82, 2.24) is 19.2 Å². The topological polar surface area (TPSA) is 80.3 Å². The van der Waals surface area contributed by atoms with E-state index in [-0.39, 0.29) is 35.1 Å². The van der Waals surface area contributed by atoms with Crippen molar-refractivity contribution in [2.75, 3.05) is 26.2 Å². The molecule has 1 atom stereocenters. The van der Waals surface area contributed by atoms with Gasteiger partial charge in [-0.05, 0) is 18.6 Å². The highest BCUT2D eigenvalue weighted by Crippen LogP contribution is 2.39. The minimum Gasteiger partial charge on any atom is -0.472 e. The summed E-state index contributed by atoms with van der Waals surface area (Å²) in [5.74, 6) is -0.563. The first-order valence-electron chi connectivity index (χ1n) is 11.0. The van der Waals surface area contributed by atoms with Crippen LogP contribution in [0.15, 0.2) is 35.3 Å². The molecule has 35 heavy (non-hydrogen) atoms. The van der Waals surface area contributed by atoms with Crippen LogP contribution in [0.4, 0.5) is 18.0 Å². The summed E-state index contributed by atoms with van der Waals surface area (Å²) in [4.78, 5) is 32.7. The van der Waals surface area contributed by atoms with E-state index < -0.39 is 28.7 Å². The average molecular weight is 511 g/mol. The number of carbonyl (C=O) groups is 2. The zero-order chi connectivity index (χ0) is 25.1. The van der Waals surface area contributed by atoms with Gasteiger partial charge in [-0.1, -0.05) is 25.4 Å². The predicted molar refractivity (Wildman–Crippen MR) is 119 cm³/mol. The largest absolute Gasteiger partial charge is 0.472 e. The summed E-state index contributed by atoms with van der Waals surface area (Å²) in [5, 5.41) is -0.205. The summed E-state index contributed by atoms with van der Waals surface area (Å²) in [6.07, 6.45) is -0.529. The van der Waals surface area contributed by atoms with Crippen LogP contribution in [-0.4, -0.2) is 63.5 Å². The number of hydrogen-bond donors (Lipinski definition) is 0. The number of aromatic nitrogens is 2. The monoisotopic (exact) mass is 510 g/mol. The molecule has 0 spiro atoms. The molecule has 0 radical (unpaired) electrons. The van der Waals surface area contributed by atoms with Gasteiger partial charge in [-0.2, -0.15) is 13.2 Å². The maximum Gasteiger partial charge on any atom is 0.420 e. The molecule has 3 aromatic rings. The molecule has 12 heteroatoms. The van der Waals surface area contributed by atoms with Crippen LogP contribution in [0.1, 0.15) is 36.3 Å². The molecule has 0 aliphatic carbocycles. The second-order valence-corrected chi connectivity index (χ2v) is 9.78. The van der Waals surface area contributed by atoms with Gasteiger partial charge in [0.15, 0.2) is 11.3 Å². The summed E-state index contributed by atoms with van der Waals surface area (Å²) >= 11 is 6.44. The van der Waals surface area contributed by atoms with Crippen molar-refractivity contribution in [3.8, 4) is 11.1 Å². The summed E-state index contributed by atoms with van der Waals surface area (Å²) in [6, 6.07) is 2.36. The van der Waals surface area contributed by atoms with Crippen LogP contribution in [0.3, 0.4) is 0 Å². The van der Waals surface area contributed by atoms with Gasteiger partial charge in [-0.15, -0.1) is 0 Å². The van der Waals surface area contributed by atoms with Crippen LogP contribution < -0.4 is 0 Å². The smallest absolute Gasteiger partial charge is 0.420 e. The number of imidazole rings is 1. The van der Waals surface area contributed by atoms with Gasteiger partial charge >= 0.3 is 12.3 Å². The number of piperidine rings is 1. The van der Waals surface area contributed by atoms with Crippen molar-refractivity contribution in [3.63, 3.8) is 0 Å². The molecule has 2 aliphatic rings. The molecule has 0 saturated carbocycles. The number of furan rings is 1. The van der Waals surface area contributed by atoms with E-state index >= 15 is 0 Å². The van der Waals surface area contributed by atoms with Crippen molar-refractivity contribution in [3.05, 3.63) is 47.3 Å². The third kappa shape index (κ3) is 4.01. The lowest BCUT2D eigenvalue weighted by Gasteiger charge is -2.46. The molecule has 2 fully saturated rings. The van der Waals surface area contributed by atoms with Crippen LogP contribution in [0.2, 0.25) is 5.15 Å². The molecule has 0 N–H and O–H groups in total. The molecule has 8 nitrogen and oxygen atoms in total. The molecule has 0 aromatic carbocycles. The molecular formula is C23H22ClF3N4O4. The minimum absolute atomic E-state index is 0.132. The fraction of sp³-hybridized carbons (Fsp3) is 0.435. The molecule has 2 saturated heterocycles. The molecule has 186 valence electrons. The number of fused-ring (bicyclic) bond motifs is 1. The first-order valence-corrected chi connectivity index (χ1v) is 11.4. The second kappa shape index (κ2) is 8.18. The number of likely N-dealkylation sites (tertiary alicyclic amines) is 1. The number of alkyl halides is 3. The summed E-state index contributed by atoms with van der Waals surface area (Å²) in [5.41, 5.74) is -1.54. The van der Waals surface area contributed by atoms with Crippen molar-refractivity contribution < 1.29 is 31.9 Å². The SMILES string of the molecule is CC1(C)CN(C(=O)c2nc3c(C(F)(F)F)cc(-c4ccoc4)cn3c2Cl)CCC1N1CCOC1=O. The number of ether oxygens (including phenoxy) is 1. The molecular weight excluding hydrogens is 489 g/mol. The first-order chi connectivity index (χ1) is 16.5. The lowest BCUT2D eigenvalue weighted by molar-refractivity contribution is -0.136. The summed E-state index contributed by atoms with van der Waals surface area (Å²) < 4.78 is 52.8. The molecule has 2 amide bonds. The number of cyclic esters (lactones) is 1. The van der Waals surface area contributed by atoms with Crippen molar-refractivity contribution in [1.29, 1.82) is 0 Å². The summed E-state index contributed by atoms with van der Waals surface area (Å²) in [7, 11) is 0. The molecule has 5 rings (SSSR count). The first kappa shape index (κ1) is 23.5. The van der Waals surface area contributed by atoms with Crippen LogP contribution in [0.25, 0.3) is 16.8 Å². The Bertz CT molecular complexity index is 1300. The zero-order valence-corrected chi connectivity index (χ0v) is 19.7. The van der Waals surface area contributed by atoms with Gasteiger partial charge in [-0.3, -0.25) is 9.20 Å². The average Bonchev–Trinajstić information content (AvgIpc) is 3.53. The van der Waals surface area contributed by atoms with E-state index in [0.717, 1.165) is 10.5 Å². The van der Waals surface area contributed by atoms with Crippen LogP contribution in [-0.2, 0) is 10.9 Å². The Kier molecular flexibility index (Phi) is 5.50. The Labute approximate surface area is 203 Å². The number of rotatable bonds is 3. The Morgan fingerprint density at radius 1 is 1.26 bits per heavy atom. The number of nitrogens with zero attached hydrogens (tertiary/aromatic N) is 4. The Morgan fingerprint density at radius 2 is 2.03 bits per heavy atom. The van der Waals surface area contributed by atoms with Crippen molar-refractivity contribution >= 4 is 29.2 Å². The van der Waals surface area contributed by atoms with Gasteiger partial charge in [0.25, 0.3) is 5.91 Å². The Morgan fingerprint density at radius 3 is 2.63 bits per heavy atom. The van der Waals surface area contributed by atoms with E-state index in [4.69, 9.17) is 20.8 Å². The van der Waals surface area contributed by atoms with Crippen molar-refractivity contribution in [2.45, 2.75) is 32.5 Å². The highest BCUT2D eigenvalue weighted by molar-refractivity contribution is 6.33. The third-order valence-corrected chi connectivity index (χ3v) is 7.01. The number of carbonyl (C=O) groups excluding carboxylic acids is 2. The van der Waals surface area contributed by atoms with Gasteiger partial charge in [0.1, 0.15) is 11.8 Å². The zero-order valence-electron chi connectivity index (χ0n) is 18.9. The minimum atomic E-state index is -4.72. The number of hydrogen-bond acceptors (Lipinski definition) is 5. The Hall–Kier alpha value is -3.21. The molecule has 2 aliphatic heterocycles. The van der Waals surface area contributed by atoms with E-state index in [9.17, 15) is 22.8 Å². The highest BCUT2D eigenvalue weighted by Gasteiger charge is 2.45. The summed E-state index contributed by atoms with van der Waals surface area (Å²) in [6.45, 7) is 5.26. The maximum atomic E-state index is 13.9. The number of halogens is 4. The third-order valence-electron chi connectivity index (χ3n) is 6.65. The molecule has 0 bridgehead atoms. The molecule has 5 heterocycles. The normalized spacial score (nSPS) is 20.5. The lowest BCUT2D eigenvalue weighted by atomic mass is 9.78. The highest BCUT2D eigenvalue weighted by atomic mass is 35.5. The van der Waals surface area contributed by atoms with E-state index in [2.05, 4.69) is 4.98 Å². The van der Waals surface area contributed by atoms with E-state index in [0.29, 0.717) is 31.7 Å². The van der Waals surface area contributed by atoms with E-state index in [1.165, 1.54) is 29.7 Å². The lowest BCUT2D eigenvalue weighted by Crippen LogP contribution is -2.57. The van der Waals surface area contributed by atoms with Crippen LogP contribution >= 0.6 is 11.6 Å². The van der Waals surface area contributed by atoms with Gasteiger partial charge in [0.2, 0.25) is 0 Å². The van der Waals surface area contributed by atoms with Crippen molar-refractivity contribution in [2.24, 2.45) is 5.41 Å². The van der Waals surface area contributed by atoms with Crippen LogP contribution in [0.5, 0.6) is 0 Å². The van der Waals surface area contributed by atoms with Gasteiger partial charge in [0, 0.05) is 41.9 Å². The number of pyridine rings is 1. The fourth-order valence-electron chi connectivity index (χ4n) is 4.98. The quantitative estimate of drug-likeness (QED) is 0.497. The molecule has 1 unspecified atom stereocenters. The van der Waals surface area contributed by atoms with E-state index in [1.807, 2.05) is 13.8 Å². The fourth-order valence-corrected chi connectivity index (χ4v) is 5.23. The van der Waals surface area contributed by atoms with Gasteiger partial charge in [0.05, 0.1) is 24.6 Å².